The number of carbonyl (C=O) groups is 2. The SMILES string of the molecule is Cc1nn(-c2ccccc2)c(Cl)c1C(=O)O[C@H](C)C(=O)N[C@@](C)(C#N)C(C)C. The Labute approximate surface area is 169 Å². The lowest BCUT2D eigenvalue weighted by Gasteiger charge is -2.28. The van der Waals surface area contributed by atoms with E-state index in [0.29, 0.717) is 11.4 Å². The zero-order chi connectivity index (χ0) is 21.1. The minimum absolute atomic E-state index is 0.0945. The third kappa shape index (κ3) is 4.34. The molecule has 0 aliphatic rings. The van der Waals surface area contributed by atoms with E-state index in [0.717, 1.165) is 0 Å². The lowest BCUT2D eigenvalue weighted by atomic mass is 9.90. The predicted molar refractivity (Wildman–Crippen MR) is 105 cm³/mol. The summed E-state index contributed by atoms with van der Waals surface area (Å²) in [5.41, 5.74) is 0.110. The summed E-state index contributed by atoms with van der Waals surface area (Å²) in [6.45, 7) is 8.34. The van der Waals surface area contributed by atoms with Crippen LogP contribution in [0.2, 0.25) is 5.15 Å². The summed E-state index contributed by atoms with van der Waals surface area (Å²) < 4.78 is 6.72. The fraction of sp³-hybridized carbons (Fsp3) is 0.400. The second-order valence-electron chi connectivity index (χ2n) is 7.00. The summed E-state index contributed by atoms with van der Waals surface area (Å²) in [6.07, 6.45) is -1.10. The number of benzene rings is 1. The second-order valence-corrected chi connectivity index (χ2v) is 7.36. The minimum Gasteiger partial charge on any atom is -0.449 e. The first-order chi connectivity index (χ1) is 13.1. The van der Waals surface area contributed by atoms with E-state index in [4.69, 9.17) is 16.3 Å². The third-order valence-electron chi connectivity index (χ3n) is 4.63. The molecule has 0 unspecified atom stereocenters. The Morgan fingerprint density at radius 1 is 1.29 bits per heavy atom. The van der Waals surface area contributed by atoms with Gasteiger partial charge in [0.05, 0.1) is 17.5 Å². The number of aryl methyl sites for hydroxylation is 1. The molecule has 1 aromatic heterocycles. The number of carbonyl (C=O) groups excluding carboxylic acids is 2. The molecule has 148 valence electrons. The Hall–Kier alpha value is -2.85. The first-order valence-corrected chi connectivity index (χ1v) is 9.23. The van der Waals surface area contributed by atoms with Crippen molar-refractivity contribution in [2.75, 3.05) is 0 Å². The summed E-state index contributed by atoms with van der Waals surface area (Å²) in [6, 6.07) is 11.2. The molecule has 1 amide bonds. The molecule has 0 aliphatic carbocycles. The van der Waals surface area contributed by atoms with E-state index >= 15 is 0 Å². The van der Waals surface area contributed by atoms with Crippen LogP contribution in [0.1, 0.15) is 43.7 Å². The molecule has 2 aromatic rings. The topological polar surface area (TPSA) is 97.0 Å². The maximum atomic E-state index is 12.6. The van der Waals surface area contributed by atoms with Crippen LogP contribution in [0, 0.1) is 24.2 Å². The van der Waals surface area contributed by atoms with Crippen LogP contribution in [0.5, 0.6) is 0 Å². The second kappa shape index (κ2) is 8.44. The predicted octanol–water partition coefficient (Wildman–Crippen LogP) is 3.43. The molecule has 2 rings (SSSR count). The van der Waals surface area contributed by atoms with Crippen LogP contribution in [0.25, 0.3) is 5.69 Å². The third-order valence-corrected chi connectivity index (χ3v) is 4.98. The molecule has 0 spiro atoms. The van der Waals surface area contributed by atoms with Crippen molar-refractivity contribution in [3.8, 4) is 11.8 Å². The average molecular weight is 403 g/mol. The average Bonchev–Trinajstić information content (AvgIpc) is 2.96. The maximum Gasteiger partial charge on any atom is 0.344 e. The molecular formula is C20H23ClN4O3. The molecule has 28 heavy (non-hydrogen) atoms. The highest BCUT2D eigenvalue weighted by Crippen LogP contribution is 2.25. The first-order valence-electron chi connectivity index (χ1n) is 8.85. The van der Waals surface area contributed by atoms with Crippen molar-refractivity contribution in [2.24, 2.45) is 5.92 Å². The lowest BCUT2D eigenvalue weighted by Crippen LogP contribution is -2.52. The number of rotatable bonds is 6. The first kappa shape index (κ1) is 21.5. The van der Waals surface area contributed by atoms with E-state index in [1.807, 2.05) is 32.0 Å². The Balaban J connectivity index is 2.18. The van der Waals surface area contributed by atoms with Gasteiger partial charge in [-0.2, -0.15) is 10.4 Å². The summed E-state index contributed by atoms with van der Waals surface area (Å²) in [5, 5.41) is 16.3. The number of nitriles is 1. The van der Waals surface area contributed by atoms with E-state index in [2.05, 4.69) is 16.5 Å². The zero-order valence-electron chi connectivity index (χ0n) is 16.5. The standard InChI is InChI=1S/C20H23ClN4O3/c1-12(2)20(5,11-22)23-18(26)14(4)28-19(27)16-13(3)24-25(17(16)21)15-9-7-6-8-10-15/h6-10,12,14H,1-5H3,(H,23,26)/t14-,20+/m1/s1. The molecule has 8 heteroatoms. The zero-order valence-corrected chi connectivity index (χ0v) is 17.2. The van der Waals surface area contributed by atoms with Gasteiger partial charge in [0.25, 0.3) is 5.91 Å². The van der Waals surface area contributed by atoms with Crippen molar-refractivity contribution in [1.29, 1.82) is 5.26 Å². The number of hydrogen-bond donors (Lipinski definition) is 1. The van der Waals surface area contributed by atoms with Crippen LogP contribution in [0.15, 0.2) is 30.3 Å². The van der Waals surface area contributed by atoms with Gasteiger partial charge >= 0.3 is 5.97 Å². The summed E-state index contributed by atoms with van der Waals surface area (Å²) in [4.78, 5) is 25.0. The molecule has 2 atom stereocenters. The van der Waals surface area contributed by atoms with E-state index in [-0.39, 0.29) is 16.6 Å². The highest BCUT2D eigenvalue weighted by atomic mass is 35.5. The monoisotopic (exact) mass is 402 g/mol. The van der Waals surface area contributed by atoms with Crippen molar-refractivity contribution < 1.29 is 14.3 Å². The van der Waals surface area contributed by atoms with Gasteiger partial charge in [0.15, 0.2) is 6.10 Å². The highest BCUT2D eigenvalue weighted by molar-refractivity contribution is 6.33. The number of nitrogens with zero attached hydrogens (tertiary/aromatic N) is 3. The fourth-order valence-corrected chi connectivity index (χ4v) is 2.75. The molecule has 0 fully saturated rings. The van der Waals surface area contributed by atoms with Crippen molar-refractivity contribution in [1.82, 2.24) is 15.1 Å². The van der Waals surface area contributed by atoms with Crippen molar-refractivity contribution in [3.63, 3.8) is 0 Å². The number of esters is 1. The molecule has 0 radical (unpaired) electrons. The number of aromatic nitrogens is 2. The van der Waals surface area contributed by atoms with Gasteiger partial charge < -0.3 is 10.1 Å². The Morgan fingerprint density at radius 2 is 1.89 bits per heavy atom. The fourth-order valence-electron chi connectivity index (χ4n) is 2.40. The van der Waals surface area contributed by atoms with Crippen molar-refractivity contribution >= 4 is 23.5 Å². The number of ether oxygens (including phenoxy) is 1. The summed E-state index contributed by atoms with van der Waals surface area (Å²) in [7, 11) is 0. The quantitative estimate of drug-likeness (QED) is 0.746. The van der Waals surface area contributed by atoms with Crippen LogP contribution in [-0.2, 0) is 9.53 Å². The van der Waals surface area contributed by atoms with E-state index < -0.39 is 23.5 Å². The smallest absolute Gasteiger partial charge is 0.344 e. The van der Waals surface area contributed by atoms with Gasteiger partial charge in [-0.05, 0) is 38.8 Å². The van der Waals surface area contributed by atoms with E-state index in [1.54, 1.807) is 26.0 Å². The normalized spacial score (nSPS) is 14.1. The Morgan fingerprint density at radius 3 is 2.43 bits per heavy atom. The lowest BCUT2D eigenvalue weighted by molar-refractivity contribution is -0.130. The Bertz CT molecular complexity index is 918. The van der Waals surface area contributed by atoms with Crippen LogP contribution >= 0.6 is 11.6 Å². The van der Waals surface area contributed by atoms with Gasteiger partial charge in [0.1, 0.15) is 16.3 Å². The largest absolute Gasteiger partial charge is 0.449 e. The van der Waals surface area contributed by atoms with E-state index in [9.17, 15) is 14.9 Å². The molecule has 0 aliphatic heterocycles. The number of halogens is 1. The van der Waals surface area contributed by atoms with E-state index in [1.165, 1.54) is 11.6 Å². The van der Waals surface area contributed by atoms with Gasteiger partial charge in [0, 0.05) is 0 Å². The van der Waals surface area contributed by atoms with Crippen LogP contribution in [0.3, 0.4) is 0 Å². The Kier molecular flexibility index (Phi) is 6.47. The number of amides is 1. The minimum atomic E-state index is -1.10. The maximum absolute atomic E-state index is 12.6. The molecule has 0 bridgehead atoms. The summed E-state index contributed by atoms with van der Waals surface area (Å²) >= 11 is 6.35. The molecule has 0 saturated heterocycles. The van der Waals surface area contributed by atoms with Gasteiger partial charge in [-0.1, -0.05) is 43.6 Å². The van der Waals surface area contributed by atoms with Gasteiger partial charge in [-0.25, -0.2) is 9.48 Å². The number of para-hydroxylation sites is 1. The van der Waals surface area contributed by atoms with Crippen molar-refractivity contribution in [2.45, 2.75) is 46.3 Å². The molecule has 7 nitrogen and oxygen atoms in total. The summed E-state index contributed by atoms with van der Waals surface area (Å²) in [5.74, 6) is -1.43. The van der Waals surface area contributed by atoms with Crippen LogP contribution in [-0.4, -0.2) is 33.3 Å². The van der Waals surface area contributed by atoms with Gasteiger partial charge in [-0.15, -0.1) is 0 Å². The van der Waals surface area contributed by atoms with Gasteiger partial charge in [0.2, 0.25) is 0 Å². The molecule has 1 aromatic carbocycles. The van der Waals surface area contributed by atoms with Crippen molar-refractivity contribution in [3.05, 3.63) is 46.7 Å². The molecule has 1 heterocycles. The highest BCUT2D eigenvalue weighted by Gasteiger charge is 2.33. The number of nitrogens with one attached hydrogen (secondary N) is 1. The molecule has 1 N–H and O–H groups in total. The number of hydrogen-bond acceptors (Lipinski definition) is 5. The molecular weight excluding hydrogens is 380 g/mol. The van der Waals surface area contributed by atoms with Crippen LogP contribution in [0.4, 0.5) is 0 Å². The van der Waals surface area contributed by atoms with Crippen LogP contribution < -0.4 is 5.32 Å². The molecule has 0 saturated carbocycles. The van der Waals surface area contributed by atoms with Gasteiger partial charge in [-0.3, -0.25) is 4.79 Å².